The number of ether oxygens (including phenoxy) is 1. The second-order valence-corrected chi connectivity index (χ2v) is 8.64. The summed E-state index contributed by atoms with van der Waals surface area (Å²) in [5, 5.41) is 37.7. The highest BCUT2D eigenvalue weighted by Gasteiger charge is 2.14. The van der Waals surface area contributed by atoms with E-state index < -0.39 is 24.8 Å². The fraction of sp³-hybridized carbons (Fsp3) is 0.958. The molecule has 0 amide bonds. The smallest absolute Gasteiger partial charge is 0.308 e. The number of unbranched alkanes of at least 4 members (excludes halogenated alkanes) is 11. The number of aliphatic hydroxyl groups is 4. The molecule has 0 aromatic rings. The zero-order valence-corrected chi connectivity index (χ0v) is 19.3. The van der Waals surface area contributed by atoms with E-state index in [1.54, 1.807) is 0 Å². The Labute approximate surface area is 184 Å². The third-order valence-corrected chi connectivity index (χ3v) is 5.52. The second kappa shape index (κ2) is 21.5. The van der Waals surface area contributed by atoms with Crippen LogP contribution in [0.1, 0.15) is 116 Å². The van der Waals surface area contributed by atoms with Crippen LogP contribution in [0.5, 0.6) is 0 Å². The summed E-state index contributed by atoms with van der Waals surface area (Å²) in [5.74, 6) is -0.577. The maximum atomic E-state index is 11.5. The summed E-state index contributed by atoms with van der Waals surface area (Å²) in [6.07, 6.45) is 15.8. The molecule has 6 nitrogen and oxygen atoms in total. The first kappa shape index (κ1) is 29.3. The highest BCUT2D eigenvalue weighted by Crippen LogP contribution is 2.15. The van der Waals surface area contributed by atoms with Crippen LogP contribution in [0.3, 0.4) is 0 Å². The van der Waals surface area contributed by atoms with Crippen LogP contribution in [0.4, 0.5) is 0 Å². The highest BCUT2D eigenvalue weighted by atomic mass is 16.5. The molecule has 0 aromatic carbocycles. The van der Waals surface area contributed by atoms with Gasteiger partial charge in [0.2, 0.25) is 0 Å². The van der Waals surface area contributed by atoms with E-state index >= 15 is 0 Å². The van der Waals surface area contributed by atoms with Gasteiger partial charge in [0.1, 0.15) is 12.7 Å². The van der Waals surface area contributed by atoms with Crippen molar-refractivity contribution in [1.82, 2.24) is 0 Å². The zero-order chi connectivity index (χ0) is 22.5. The first-order valence-corrected chi connectivity index (χ1v) is 12.3. The van der Waals surface area contributed by atoms with Crippen molar-refractivity contribution in [2.75, 3.05) is 13.2 Å². The van der Waals surface area contributed by atoms with Gasteiger partial charge in [0, 0.05) is 0 Å². The summed E-state index contributed by atoms with van der Waals surface area (Å²) in [7, 11) is 0. The Kier molecular flexibility index (Phi) is 21.0. The molecule has 30 heavy (non-hydrogen) atoms. The van der Waals surface area contributed by atoms with Crippen LogP contribution in [-0.2, 0) is 9.53 Å². The Morgan fingerprint density at radius 2 is 1.10 bits per heavy atom. The average molecular weight is 433 g/mol. The predicted octanol–water partition coefficient (Wildman–Crippen LogP) is 4.26. The van der Waals surface area contributed by atoms with E-state index in [0.717, 1.165) is 32.1 Å². The number of carbonyl (C=O) groups excluding carboxylic acids is 1. The molecular formula is C24H48O6. The molecule has 0 fully saturated rings. The molecule has 4 N–H and O–H groups in total. The first-order valence-electron chi connectivity index (χ1n) is 12.3. The minimum Gasteiger partial charge on any atom is -0.463 e. The average Bonchev–Trinajstić information content (AvgIpc) is 2.73. The van der Waals surface area contributed by atoms with Gasteiger partial charge < -0.3 is 25.2 Å². The molecule has 0 aliphatic carbocycles. The lowest BCUT2D eigenvalue weighted by atomic mass is 10.0. The Morgan fingerprint density at radius 1 is 0.667 bits per heavy atom. The van der Waals surface area contributed by atoms with E-state index in [4.69, 9.17) is 14.9 Å². The molecule has 0 aliphatic rings. The Bertz CT molecular complexity index is 377. The van der Waals surface area contributed by atoms with Gasteiger partial charge in [0.05, 0.1) is 25.2 Å². The van der Waals surface area contributed by atoms with Gasteiger partial charge >= 0.3 is 5.97 Å². The maximum absolute atomic E-state index is 11.5. The van der Waals surface area contributed by atoms with E-state index in [-0.39, 0.29) is 19.1 Å². The molecule has 0 saturated carbocycles. The monoisotopic (exact) mass is 432 g/mol. The quantitative estimate of drug-likeness (QED) is 0.150. The number of rotatable bonds is 22. The van der Waals surface area contributed by atoms with E-state index in [1.807, 2.05) is 0 Å². The highest BCUT2D eigenvalue weighted by molar-refractivity contribution is 5.69. The fourth-order valence-corrected chi connectivity index (χ4v) is 3.54. The van der Waals surface area contributed by atoms with Gasteiger partial charge in [-0.2, -0.15) is 0 Å². The Hall–Kier alpha value is -0.690. The third-order valence-electron chi connectivity index (χ3n) is 5.52. The molecule has 0 heterocycles. The van der Waals surface area contributed by atoms with Crippen LogP contribution in [0, 0.1) is 0 Å². The van der Waals surface area contributed by atoms with Crippen molar-refractivity contribution in [2.45, 2.75) is 134 Å². The van der Waals surface area contributed by atoms with E-state index in [9.17, 15) is 15.0 Å². The molecule has 0 bridgehead atoms. The maximum Gasteiger partial charge on any atom is 0.308 e. The van der Waals surface area contributed by atoms with Crippen molar-refractivity contribution >= 4 is 5.97 Å². The van der Waals surface area contributed by atoms with Crippen LogP contribution in [-0.4, -0.2) is 57.9 Å². The Morgan fingerprint density at radius 3 is 1.60 bits per heavy atom. The van der Waals surface area contributed by atoms with E-state index in [0.29, 0.717) is 6.42 Å². The largest absolute Gasteiger partial charge is 0.463 e. The van der Waals surface area contributed by atoms with Crippen molar-refractivity contribution in [3.63, 3.8) is 0 Å². The van der Waals surface area contributed by atoms with Gasteiger partial charge in [-0.1, -0.05) is 90.4 Å². The molecule has 6 heteroatoms. The summed E-state index contributed by atoms with van der Waals surface area (Å²) in [6, 6.07) is 0. The molecule has 3 unspecified atom stereocenters. The number of hydrogen-bond donors (Lipinski definition) is 4. The van der Waals surface area contributed by atoms with Gasteiger partial charge in [0.25, 0.3) is 0 Å². The van der Waals surface area contributed by atoms with Crippen molar-refractivity contribution in [2.24, 2.45) is 0 Å². The van der Waals surface area contributed by atoms with Crippen LogP contribution in [0.25, 0.3) is 0 Å². The molecule has 0 rings (SSSR count). The molecule has 0 spiro atoms. The second-order valence-electron chi connectivity index (χ2n) is 8.64. The van der Waals surface area contributed by atoms with E-state index in [1.165, 1.54) is 64.2 Å². The minimum atomic E-state index is -1.08. The third kappa shape index (κ3) is 20.6. The summed E-state index contributed by atoms with van der Waals surface area (Å²) in [6.45, 7) is 1.53. The Balaban J connectivity index is 3.42. The molecule has 0 radical (unpaired) electrons. The topological polar surface area (TPSA) is 107 Å². The van der Waals surface area contributed by atoms with Crippen LogP contribution in [0.2, 0.25) is 0 Å². The van der Waals surface area contributed by atoms with Crippen molar-refractivity contribution < 1.29 is 30.0 Å². The zero-order valence-electron chi connectivity index (χ0n) is 19.3. The molecule has 180 valence electrons. The lowest BCUT2D eigenvalue weighted by molar-refractivity contribution is -0.149. The van der Waals surface area contributed by atoms with Crippen LogP contribution in [0.15, 0.2) is 0 Å². The van der Waals surface area contributed by atoms with Gasteiger partial charge in [-0.15, -0.1) is 0 Å². The number of aliphatic hydroxyl groups excluding tert-OH is 4. The van der Waals surface area contributed by atoms with E-state index in [2.05, 4.69) is 6.92 Å². The van der Waals surface area contributed by atoms with Crippen molar-refractivity contribution in [3.05, 3.63) is 0 Å². The number of carbonyl (C=O) groups is 1. The van der Waals surface area contributed by atoms with Gasteiger partial charge in [-0.05, 0) is 19.3 Å². The number of esters is 1. The minimum absolute atomic E-state index is 0.112. The molecular weight excluding hydrogens is 384 g/mol. The van der Waals surface area contributed by atoms with Gasteiger partial charge in [-0.25, -0.2) is 0 Å². The first-order chi connectivity index (χ1) is 14.5. The lowest BCUT2D eigenvalue weighted by Crippen LogP contribution is -2.24. The normalized spacial score (nSPS) is 14.4. The van der Waals surface area contributed by atoms with Gasteiger partial charge in [0.15, 0.2) is 0 Å². The predicted molar refractivity (Wildman–Crippen MR) is 120 cm³/mol. The van der Waals surface area contributed by atoms with Crippen molar-refractivity contribution in [1.29, 1.82) is 0 Å². The fourth-order valence-electron chi connectivity index (χ4n) is 3.54. The molecule has 0 aromatic heterocycles. The van der Waals surface area contributed by atoms with Crippen LogP contribution < -0.4 is 0 Å². The molecule has 0 aliphatic heterocycles. The van der Waals surface area contributed by atoms with Gasteiger partial charge in [-0.3, -0.25) is 4.79 Å². The summed E-state index contributed by atoms with van der Waals surface area (Å²) in [5.41, 5.74) is 0. The summed E-state index contributed by atoms with van der Waals surface area (Å²) >= 11 is 0. The molecule has 3 atom stereocenters. The standard InChI is InChI=1S/C24H48O6/c1-2-3-4-5-6-7-8-9-10-11-12-15-21(26)16-13-14-17-22(27)18-24(29)30-20-23(28)19-25/h21-23,25-28H,2-20H2,1H3. The molecule has 0 saturated heterocycles. The van der Waals surface area contributed by atoms with Crippen molar-refractivity contribution in [3.8, 4) is 0 Å². The SMILES string of the molecule is CCCCCCCCCCCCCC(O)CCCCC(O)CC(=O)OCC(O)CO. The lowest BCUT2D eigenvalue weighted by Gasteiger charge is -2.13. The summed E-state index contributed by atoms with van der Waals surface area (Å²) < 4.78 is 4.77. The summed E-state index contributed by atoms with van der Waals surface area (Å²) in [4.78, 5) is 11.5. The van der Waals surface area contributed by atoms with Crippen LogP contribution >= 0.6 is 0 Å². The number of hydrogen-bond acceptors (Lipinski definition) is 6.